The van der Waals surface area contributed by atoms with Crippen LogP contribution in [0.4, 0.5) is 43.0 Å². The summed E-state index contributed by atoms with van der Waals surface area (Å²) in [6, 6.07) is 35.9. The topological polar surface area (TPSA) is 242 Å². The predicted octanol–water partition coefficient (Wildman–Crippen LogP) is 10.1. The van der Waals surface area contributed by atoms with Gasteiger partial charge in [-0.1, -0.05) is 36.4 Å². The van der Waals surface area contributed by atoms with E-state index in [-0.39, 0.29) is 80.8 Å². The van der Waals surface area contributed by atoms with Crippen molar-refractivity contribution in [2.75, 3.05) is 48.7 Å². The molecule has 10 aromatic rings. The Balaban J connectivity index is 0.000000200. The second-order valence-corrected chi connectivity index (χ2v) is 23.6. The molecule has 470 valence electrons. The number of fused-ring (bicyclic) bond motifs is 2. The summed E-state index contributed by atoms with van der Waals surface area (Å²) in [6.45, 7) is 7.62. The zero-order chi connectivity index (χ0) is 65.5. The Hall–Kier alpha value is -9.48. The first-order valence-corrected chi connectivity index (χ1v) is 30.5. The zero-order valence-electron chi connectivity index (χ0n) is 50.6. The van der Waals surface area contributed by atoms with E-state index in [9.17, 15) is 42.7 Å². The summed E-state index contributed by atoms with van der Waals surface area (Å²) >= 11 is 3.94. The summed E-state index contributed by atoms with van der Waals surface area (Å²) < 4.78 is 54.0. The zero-order valence-corrected chi connectivity index (χ0v) is 54.9. The van der Waals surface area contributed by atoms with Crippen molar-refractivity contribution in [3.63, 3.8) is 0 Å². The number of hydrogen-bond acceptors (Lipinski definition) is 13. The molecule has 21 nitrogen and oxygen atoms in total. The van der Waals surface area contributed by atoms with Crippen molar-refractivity contribution < 1.29 is 32.6 Å². The number of ether oxygens (including phenoxy) is 3. The van der Waals surface area contributed by atoms with E-state index in [1.165, 1.54) is 99.9 Å². The number of carbonyl (C=O) groups is 2. The number of amides is 2. The van der Waals surface area contributed by atoms with Gasteiger partial charge >= 0.3 is 11.4 Å². The number of nitrogens with one attached hydrogen (secondary N) is 4. The van der Waals surface area contributed by atoms with Gasteiger partial charge in [0.2, 0.25) is 11.8 Å². The molecule has 11 rings (SSSR count). The highest BCUT2D eigenvalue weighted by atomic mass is 127. The van der Waals surface area contributed by atoms with Crippen molar-refractivity contribution in [1.29, 1.82) is 0 Å². The quantitative estimate of drug-likeness (QED) is 0.0742. The van der Waals surface area contributed by atoms with Gasteiger partial charge in [-0.3, -0.25) is 51.6 Å². The molecule has 6 aromatic carbocycles. The van der Waals surface area contributed by atoms with Gasteiger partial charge in [0, 0.05) is 76.5 Å². The standard InChI is InChI=1S/2C31H27FIN5O5.C4H8O/c1-17-27-26(28(36(3)29(17)40)35-25-13-10-20(33)14-24(25)32)30(41)37(16-19-8-11-23(43-4)12-9-19)31(42)38(27)22-7-5-6-21(15-22)34-18(2)39;1-17-27(35-22-7-5-6-21(15-22)34-18(2)39)26-28(36(3)29(17)40)38(25-13-10-20(33)14-24(25)32)31(42)37(30(26)41)16-19-8-11-23(43-4)12-9-19;1-2-4-5-3-1/h2*5-15,35H,16H2,1-4H3,(H,34,39);1-4H2. The Morgan fingerprint density at radius 3 is 1.59 bits per heavy atom. The molecule has 25 heteroatoms. The fraction of sp³-hybridized carbons (Fsp3) is 0.212. The summed E-state index contributed by atoms with van der Waals surface area (Å²) in [5.41, 5.74) is -0.402. The van der Waals surface area contributed by atoms with E-state index in [2.05, 4.69) is 21.3 Å². The molecular weight excluding hydrogens is 1400 g/mol. The lowest BCUT2D eigenvalue weighted by Crippen LogP contribution is -2.42. The molecule has 5 heterocycles. The number of benzene rings is 6. The first kappa shape index (κ1) is 66.0. The van der Waals surface area contributed by atoms with Crippen LogP contribution in [-0.4, -0.2) is 66.7 Å². The van der Waals surface area contributed by atoms with Crippen LogP contribution in [0.25, 0.3) is 33.3 Å². The molecule has 2 amide bonds. The molecule has 0 atom stereocenters. The molecule has 0 aliphatic carbocycles. The molecule has 4 aromatic heterocycles. The van der Waals surface area contributed by atoms with Gasteiger partial charge in [0.1, 0.15) is 45.4 Å². The van der Waals surface area contributed by atoms with Gasteiger partial charge in [0.15, 0.2) is 0 Å². The van der Waals surface area contributed by atoms with Gasteiger partial charge in [-0.25, -0.2) is 22.9 Å². The maximum absolute atomic E-state index is 15.5. The third-order valence-corrected chi connectivity index (χ3v) is 16.2. The van der Waals surface area contributed by atoms with Crippen LogP contribution in [0.2, 0.25) is 0 Å². The van der Waals surface area contributed by atoms with Gasteiger partial charge in [0.25, 0.3) is 22.2 Å². The SMILES string of the molecule is C1CCOC1.COc1ccc(Cn2c(=O)c3c(Nc4ccc(I)cc4F)n(C)c(=O)c(C)c3n(-c3cccc(NC(C)=O)c3)c2=O)cc1.COc1ccc(Cn2c(=O)c3c(Nc4cccc(NC(C)=O)c4)c(C)c(=O)n(C)c3n(-c3ccc(I)cc3F)c2=O)cc1. The summed E-state index contributed by atoms with van der Waals surface area (Å²) in [6.07, 6.45) is 2.56. The van der Waals surface area contributed by atoms with E-state index in [1.54, 1.807) is 116 Å². The number of aromatic nitrogens is 6. The lowest BCUT2D eigenvalue weighted by Gasteiger charge is -2.21. The highest BCUT2D eigenvalue weighted by Crippen LogP contribution is 2.31. The second-order valence-electron chi connectivity index (χ2n) is 21.1. The summed E-state index contributed by atoms with van der Waals surface area (Å²) in [7, 11) is 5.98. The molecule has 1 aliphatic heterocycles. The molecular formula is C66H62F2I2N10O11. The minimum atomic E-state index is -0.814. The van der Waals surface area contributed by atoms with Gasteiger partial charge in [-0.2, -0.15) is 0 Å². The Bertz CT molecular complexity index is 4860. The Morgan fingerprint density at radius 2 is 1.07 bits per heavy atom. The summed E-state index contributed by atoms with van der Waals surface area (Å²) in [4.78, 5) is 107. The highest BCUT2D eigenvalue weighted by Gasteiger charge is 2.27. The third kappa shape index (κ3) is 14.4. The highest BCUT2D eigenvalue weighted by molar-refractivity contribution is 14.1. The average Bonchev–Trinajstić information content (AvgIpc) is 0.752. The third-order valence-electron chi connectivity index (χ3n) is 14.8. The fourth-order valence-electron chi connectivity index (χ4n) is 10.4. The van der Waals surface area contributed by atoms with Crippen molar-refractivity contribution in [2.45, 2.75) is 53.6 Å². The van der Waals surface area contributed by atoms with Crippen LogP contribution in [0.3, 0.4) is 0 Å². The van der Waals surface area contributed by atoms with E-state index in [0.29, 0.717) is 52.5 Å². The monoisotopic (exact) mass is 1460 g/mol. The number of methoxy groups -OCH3 is 2. The number of halogens is 4. The van der Waals surface area contributed by atoms with Crippen LogP contribution >= 0.6 is 45.2 Å². The maximum atomic E-state index is 15.5. The smallest absolute Gasteiger partial charge is 0.337 e. The first-order valence-electron chi connectivity index (χ1n) is 28.3. The molecule has 1 aliphatic rings. The minimum Gasteiger partial charge on any atom is -0.497 e. The van der Waals surface area contributed by atoms with E-state index in [1.807, 2.05) is 45.2 Å². The second kappa shape index (κ2) is 28.6. The molecule has 0 bridgehead atoms. The first-order chi connectivity index (χ1) is 43.5. The number of carbonyl (C=O) groups excluding carboxylic acids is 2. The number of nitrogens with zero attached hydrogens (tertiary/aromatic N) is 6. The van der Waals surface area contributed by atoms with Gasteiger partial charge in [-0.05, 0) is 180 Å². The Morgan fingerprint density at radius 1 is 0.560 bits per heavy atom. The van der Waals surface area contributed by atoms with Crippen molar-refractivity contribution in [2.24, 2.45) is 14.1 Å². The number of rotatable bonds is 14. The predicted molar refractivity (Wildman–Crippen MR) is 365 cm³/mol. The summed E-state index contributed by atoms with van der Waals surface area (Å²) in [5.74, 6) is -0.623. The number of pyridine rings is 2. The number of anilines is 6. The van der Waals surface area contributed by atoms with Crippen LogP contribution in [0.15, 0.2) is 162 Å². The molecule has 1 fully saturated rings. The maximum Gasteiger partial charge on any atom is 0.337 e. The molecule has 0 radical (unpaired) electrons. The van der Waals surface area contributed by atoms with Crippen LogP contribution in [0.5, 0.6) is 11.5 Å². The van der Waals surface area contributed by atoms with Gasteiger partial charge < -0.3 is 35.5 Å². The van der Waals surface area contributed by atoms with Gasteiger partial charge in [-0.15, -0.1) is 0 Å². The normalized spacial score (nSPS) is 11.7. The van der Waals surface area contributed by atoms with Crippen LogP contribution in [0, 0.1) is 32.6 Å². The van der Waals surface area contributed by atoms with Crippen molar-refractivity contribution in [3.8, 4) is 22.9 Å². The van der Waals surface area contributed by atoms with Crippen molar-refractivity contribution >= 4 is 113 Å². The average molecular weight is 1460 g/mol. The lowest BCUT2D eigenvalue weighted by atomic mass is 10.1. The Kier molecular flexibility index (Phi) is 20.7. The van der Waals surface area contributed by atoms with E-state index < -0.39 is 45.3 Å². The van der Waals surface area contributed by atoms with Crippen molar-refractivity contribution in [1.82, 2.24) is 27.4 Å². The molecule has 0 spiro atoms. The largest absolute Gasteiger partial charge is 0.497 e. The molecule has 0 unspecified atom stereocenters. The van der Waals surface area contributed by atoms with E-state index in [0.717, 1.165) is 26.9 Å². The summed E-state index contributed by atoms with van der Waals surface area (Å²) in [5, 5.41) is 11.5. The minimum absolute atomic E-state index is 0.00981. The van der Waals surface area contributed by atoms with E-state index >= 15 is 4.39 Å². The van der Waals surface area contributed by atoms with Gasteiger partial charge in [0.05, 0.1) is 55.6 Å². The van der Waals surface area contributed by atoms with Crippen molar-refractivity contribution in [3.05, 3.63) is 237 Å². The van der Waals surface area contributed by atoms with Crippen LogP contribution < -0.4 is 64.4 Å². The van der Waals surface area contributed by atoms with Crippen LogP contribution in [0.1, 0.15) is 48.9 Å². The molecule has 91 heavy (non-hydrogen) atoms. The van der Waals surface area contributed by atoms with E-state index in [4.69, 9.17) is 14.2 Å². The Labute approximate surface area is 545 Å². The number of aryl methyl sites for hydroxylation is 2. The number of hydrogen-bond donors (Lipinski definition) is 4. The van der Waals surface area contributed by atoms with Crippen LogP contribution in [-0.2, 0) is 41.5 Å². The fourth-order valence-corrected chi connectivity index (χ4v) is 11.3. The molecule has 4 N–H and O–H groups in total. The molecule has 1 saturated heterocycles. The molecule has 0 saturated carbocycles. The lowest BCUT2D eigenvalue weighted by molar-refractivity contribution is -0.115.